The number of aliphatic hydroxyl groups is 3. The average Bonchev–Trinajstić information content (AvgIpc) is 3.67. The normalized spacial score (nSPS) is 27.7. The Morgan fingerprint density at radius 2 is 1.26 bits per heavy atom. The second kappa shape index (κ2) is 14.8. The van der Waals surface area contributed by atoms with E-state index in [0.29, 0.717) is 0 Å². The molecule has 0 aromatic heterocycles. The lowest BCUT2D eigenvalue weighted by Crippen LogP contribution is -2.47. The number of carbonyl (C=O) groups excluding carboxylic acids is 4. The quantitative estimate of drug-likeness (QED) is 0.349. The van der Waals surface area contributed by atoms with Crippen molar-refractivity contribution in [1.29, 1.82) is 0 Å². The van der Waals surface area contributed by atoms with Gasteiger partial charge in [0, 0.05) is 13.1 Å². The van der Waals surface area contributed by atoms with Gasteiger partial charge in [-0.25, -0.2) is 0 Å². The van der Waals surface area contributed by atoms with Gasteiger partial charge in [0.05, 0.1) is 37.8 Å². The molecule has 3 aliphatic rings. The van der Waals surface area contributed by atoms with Crippen molar-refractivity contribution in [3.05, 3.63) is 71.8 Å². The summed E-state index contributed by atoms with van der Waals surface area (Å²) in [4.78, 5) is 54.6. The monoisotopic (exact) mass is 696 g/mol. The topological polar surface area (TPSA) is 163 Å². The fraction of sp³-hybridized carbons (Fsp3) is 0.579. The van der Waals surface area contributed by atoms with Gasteiger partial charge < -0.3 is 39.3 Å². The van der Waals surface area contributed by atoms with Crippen molar-refractivity contribution in [2.45, 2.75) is 85.0 Å². The van der Waals surface area contributed by atoms with Crippen LogP contribution in [-0.4, -0.2) is 99.3 Å². The molecule has 0 radical (unpaired) electrons. The molecule has 2 aromatic carbocycles. The van der Waals surface area contributed by atoms with E-state index in [2.05, 4.69) is 0 Å². The third-order valence-electron chi connectivity index (χ3n) is 9.67. The smallest absolute Gasteiger partial charge is 0.317 e. The molecule has 3 saturated heterocycles. The molecule has 12 heteroatoms. The number of benzene rings is 2. The van der Waals surface area contributed by atoms with Gasteiger partial charge in [0.15, 0.2) is 6.29 Å². The number of amides is 2. The molecule has 3 aliphatic heterocycles. The zero-order chi connectivity index (χ0) is 37.2. The highest BCUT2D eigenvalue weighted by Gasteiger charge is 2.66. The highest BCUT2D eigenvalue weighted by Crippen LogP contribution is 2.49. The number of hydrogen-bond donors (Lipinski definition) is 3. The third kappa shape index (κ3) is 7.73. The zero-order valence-corrected chi connectivity index (χ0v) is 30.3. The van der Waals surface area contributed by atoms with E-state index < -0.39 is 65.3 Å². The summed E-state index contributed by atoms with van der Waals surface area (Å²) in [6.07, 6.45) is -1.28. The summed E-state index contributed by atoms with van der Waals surface area (Å²) in [5.41, 5.74) is -2.14. The van der Waals surface area contributed by atoms with Crippen LogP contribution in [0.3, 0.4) is 0 Å². The zero-order valence-electron chi connectivity index (χ0n) is 30.3. The first-order valence-electron chi connectivity index (χ1n) is 17.0. The van der Waals surface area contributed by atoms with Crippen LogP contribution < -0.4 is 0 Å². The molecule has 0 bridgehead atoms. The second-order valence-electron chi connectivity index (χ2n) is 15.5. The number of ether oxygens (including phenoxy) is 3. The van der Waals surface area contributed by atoms with Gasteiger partial charge in [-0.2, -0.15) is 0 Å². The van der Waals surface area contributed by atoms with Crippen molar-refractivity contribution in [3.8, 4) is 0 Å². The average molecular weight is 697 g/mol. The van der Waals surface area contributed by atoms with Crippen LogP contribution in [0.4, 0.5) is 0 Å². The van der Waals surface area contributed by atoms with E-state index in [1.807, 2.05) is 74.5 Å². The van der Waals surface area contributed by atoms with Crippen molar-refractivity contribution < 1.29 is 48.7 Å². The molecule has 274 valence electrons. The van der Waals surface area contributed by atoms with Crippen molar-refractivity contribution in [3.63, 3.8) is 0 Å². The summed E-state index contributed by atoms with van der Waals surface area (Å²) < 4.78 is 16.3. The van der Waals surface area contributed by atoms with Gasteiger partial charge in [0.25, 0.3) is 0 Å². The molecule has 2 aromatic rings. The van der Waals surface area contributed by atoms with Crippen LogP contribution in [-0.2, 0) is 33.4 Å². The number of carbonyl (C=O) groups is 4. The number of hydrogen-bond acceptors (Lipinski definition) is 10. The number of esters is 2. The predicted molar refractivity (Wildman–Crippen MR) is 183 cm³/mol. The Morgan fingerprint density at radius 1 is 0.800 bits per heavy atom. The number of rotatable bonds is 8. The van der Waals surface area contributed by atoms with E-state index in [-0.39, 0.29) is 43.6 Å². The lowest BCUT2D eigenvalue weighted by Gasteiger charge is -2.32. The van der Waals surface area contributed by atoms with Gasteiger partial charge >= 0.3 is 11.9 Å². The van der Waals surface area contributed by atoms with Crippen molar-refractivity contribution in [2.24, 2.45) is 22.7 Å². The van der Waals surface area contributed by atoms with Crippen LogP contribution in [0.1, 0.15) is 78.6 Å². The number of fused-ring (bicyclic) bond motifs is 1. The lowest BCUT2D eigenvalue weighted by molar-refractivity contribution is -0.174. The molecule has 0 aliphatic carbocycles. The van der Waals surface area contributed by atoms with Crippen LogP contribution in [0.2, 0.25) is 0 Å². The number of nitrogens with zero attached hydrogens (tertiary/aromatic N) is 2. The van der Waals surface area contributed by atoms with Gasteiger partial charge in [-0.05, 0) is 66.5 Å². The van der Waals surface area contributed by atoms with Crippen molar-refractivity contribution >= 4 is 23.8 Å². The molecule has 3 fully saturated rings. The highest BCUT2D eigenvalue weighted by atomic mass is 16.6. The lowest BCUT2D eigenvalue weighted by atomic mass is 9.78. The Balaban J connectivity index is 0.000000225. The van der Waals surface area contributed by atoms with Crippen molar-refractivity contribution in [2.75, 3.05) is 32.9 Å². The first-order valence-corrected chi connectivity index (χ1v) is 17.0. The molecule has 3 unspecified atom stereocenters. The van der Waals surface area contributed by atoms with Gasteiger partial charge in [-0.3, -0.25) is 19.2 Å². The van der Waals surface area contributed by atoms with Crippen LogP contribution in [0, 0.1) is 22.7 Å². The first kappa shape index (κ1) is 39.0. The second-order valence-corrected chi connectivity index (χ2v) is 15.5. The van der Waals surface area contributed by atoms with E-state index in [1.54, 1.807) is 46.4 Å². The largest absolute Gasteiger partial charge is 0.459 e. The summed E-state index contributed by atoms with van der Waals surface area (Å²) in [5, 5.41) is 29.9. The molecule has 7 atom stereocenters. The van der Waals surface area contributed by atoms with E-state index in [9.17, 15) is 34.5 Å². The van der Waals surface area contributed by atoms with E-state index in [1.165, 1.54) is 4.90 Å². The molecule has 12 nitrogen and oxygen atoms in total. The van der Waals surface area contributed by atoms with Crippen LogP contribution >= 0.6 is 0 Å². The van der Waals surface area contributed by atoms with E-state index >= 15 is 0 Å². The Labute approximate surface area is 294 Å². The molecule has 0 spiro atoms. The summed E-state index contributed by atoms with van der Waals surface area (Å²) in [5.74, 6) is -3.70. The summed E-state index contributed by atoms with van der Waals surface area (Å²) in [6.45, 7) is 13.4. The minimum atomic E-state index is -1.46. The number of aliphatic hydroxyl groups excluding tert-OH is 3. The predicted octanol–water partition coefficient (Wildman–Crippen LogP) is 3.40. The van der Waals surface area contributed by atoms with Crippen molar-refractivity contribution in [1.82, 2.24) is 9.80 Å². The maximum absolute atomic E-state index is 13.0. The minimum Gasteiger partial charge on any atom is -0.459 e. The highest BCUT2D eigenvalue weighted by molar-refractivity contribution is 5.94. The Kier molecular flexibility index (Phi) is 11.5. The SMILES string of the molecule is C[C@H](c1ccccc1)N1C[C@@](CO)(C(=O)OC(C)(C)C)C(CO)C1=O.C[C@H](c1ccccc1)N1C[C@]2(C(=O)OC(C)(C)C)COC(O)C2C1=O. The first-order chi connectivity index (χ1) is 23.3. The molecular formula is C38H52N2O10. The Morgan fingerprint density at radius 3 is 1.70 bits per heavy atom. The molecule has 3 heterocycles. The fourth-order valence-corrected chi connectivity index (χ4v) is 6.86. The third-order valence-corrected chi connectivity index (χ3v) is 9.67. The van der Waals surface area contributed by atoms with Gasteiger partial charge in [0.2, 0.25) is 11.8 Å². The summed E-state index contributed by atoms with van der Waals surface area (Å²) >= 11 is 0. The maximum Gasteiger partial charge on any atom is 0.317 e. The van der Waals surface area contributed by atoms with Gasteiger partial charge in [-0.1, -0.05) is 60.7 Å². The van der Waals surface area contributed by atoms with Crippen LogP contribution in [0.15, 0.2) is 60.7 Å². The fourth-order valence-electron chi connectivity index (χ4n) is 6.86. The van der Waals surface area contributed by atoms with Gasteiger partial charge in [0.1, 0.15) is 27.9 Å². The standard InChI is InChI=1S/C19H25NO5.C19H27NO5/c1-12(13-8-6-5-7-9-13)20-10-19(17(23)25-18(2,3)4)11-24-16(22)14(19)15(20)21;1-13(14-8-6-5-7-9-14)20-11-19(12-22,15(10-21)16(20)23)17(24)25-18(2,3)4/h5-9,12,14,16,22H,10-11H2,1-4H3;5-9,13,15,21-22H,10-12H2,1-4H3/t12-,14?,16?,19+;13-,15?,19+/m11/s1. The Hall–Kier alpha value is -3.84. The van der Waals surface area contributed by atoms with E-state index in [0.717, 1.165) is 11.1 Å². The van der Waals surface area contributed by atoms with E-state index in [4.69, 9.17) is 14.2 Å². The van der Waals surface area contributed by atoms with Crippen LogP contribution in [0.5, 0.6) is 0 Å². The number of likely N-dealkylation sites (tertiary alicyclic amines) is 2. The molecule has 5 rings (SSSR count). The van der Waals surface area contributed by atoms with Crippen LogP contribution in [0.25, 0.3) is 0 Å². The van der Waals surface area contributed by atoms with Gasteiger partial charge in [-0.15, -0.1) is 0 Å². The molecule has 50 heavy (non-hydrogen) atoms. The summed E-state index contributed by atoms with van der Waals surface area (Å²) in [7, 11) is 0. The Bertz CT molecular complexity index is 1450. The molecule has 2 amide bonds. The minimum absolute atomic E-state index is 0.0124. The molecule has 3 N–H and O–H groups in total. The molecular weight excluding hydrogens is 644 g/mol. The molecule has 0 saturated carbocycles. The maximum atomic E-state index is 13.0. The summed E-state index contributed by atoms with van der Waals surface area (Å²) in [6, 6.07) is 18.6.